The number of Topliss-reactive ketones (excluding diaryl/α,β-unsaturated/α-hetero) is 1. The molecule has 14 heteroatoms. The van der Waals surface area contributed by atoms with Crippen LogP contribution in [-0.2, 0) is 28.7 Å². The van der Waals surface area contributed by atoms with Gasteiger partial charge in [-0.15, -0.1) is 0 Å². The lowest BCUT2D eigenvalue weighted by Gasteiger charge is -2.37. The van der Waals surface area contributed by atoms with E-state index in [0.717, 1.165) is 20.0 Å². The average molecular weight is 766 g/mol. The summed E-state index contributed by atoms with van der Waals surface area (Å²) in [5.74, 6) is -1.35. The van der Waals surface area contributed by atoms with Gasteiger partial charge >= 0.3 is 0 Å². The molecule has 6 unspecified atom stereocenters. The highest BCUT2D eigenvalue weighted by atomic mass is 16.5. The van der Waals surface area contributed by atoms with Crippen LogP contribution in [-0.4, -0.2) is 136 Å². The van der Waals surface area contributed by atoms with Gasteiger partial charge in [-0.25, -0.2) is 0 Å². The Bertz CT molecular complexity index is 1280. The van der Waals surface area contributed by atoms with E-state index in [2.05, 4.69) is 29.8 Å². The summed E-state index contributed by atoms with van der Waals surface area (Å²) in [5.41, 5.74) is 0.426. The Balaban J connectivity index is 0.00000533. The van der Waals surface area contributed by atoms with Crippen LogP contribution in [0.1, 0.15) is 97.3 Å². The quantitative estimate of drug-likeness (QED) is 0.144. The first-order valence-corrected chi connectivity index (χ1v) is 19.2. The lowest BCUT2D eigenvalue weighted by atomic mass is 9.93. The SMILES string of the molecule is CCC.CCC[C@@H](C(CC(=O)N1CCCC1C(OC)C(C)C(=O)NC(C)C(=O)c1cccc(OC)c1)OC)N(C)C(=O)CNC(=O)C(NC)C(C)C.CO. The van der Waals surface area contributed by atoms with Gasteiger partial charge in [0.2, 0.25) is 23.6 Å². The summed E-state index contributed by atoms with van der Waals surface area (Å²) in [6, 6.07) is 4.80. The molecule has 0 aromatic heterocycles. The first kappa shape index (κ1) is 50.4. The molecule has 1 aliphatic heterocycles. The average Bonchev–Trinajstić information content (AvgIpc) is 3.65. The molecule has 14 nitrogen and oxygen atoms in total. The molecule has 310 valence electrons. The van der Waals surface area contributed by atoms with E-state index in [1.54, 1.807) is 62.0 Å². The van der Waals surface area contributed by atoms with Crippen LogP contribution in [0.3, 0.4) is 0 Å². The molecule has 1 fully saturated rings. The number of ether oxygens (including phenoxy) is 3. The number of likely N-dealkylation sites (tertiary alicyclic amines) is 1. The van der Waals surface area contributed by atoms with E-state index in [9.17, 15) is 24.0 Å². The lowest BCUT2D eigenvalue weighted by Crippen LogP contribution is -2.54. The summed E-state index contributed by atoms with van der Waals surface area (Å²) in [6.07, 6.45) is 2.82. The molecule has 0 aliphatic carbocycles. The highest BCUT2D eigenvalue weighted by molar-refractivity contribution is 6.02. The van der Waals surface area contributed by atoms with Crippen LogP contribution >= 0.6 is 0 Å². The van der Waals surface area contributed by atoms with Gasteiger partial charge in [0.25, 0.3) is 0 Å². The molecule has 0 radical (unpaired) electrons. The number of methoxy groups -OCH3 is 3. The van der Waals surface area contributed by atoms with Gasteiger partial charge in [-0.2, -0.15) is 0 Å². The Morgan fingerprint density at radius 1 is 0.981 bits per heavy atom. The minimum absolute atomic E-state index is 0.0277. The van der Waals surface area contributed by atoms with Gasteiger partial charge in [0.05, 0.1) is 62.4 Å². The largest absolute Gasteiger partial charge is 0.497 e. The van der Waals surface area contributed by atoms with Crippen molar-refractivity contribution in [3.63, 3.8) is 0 Å². The predicted molar refractivity (Wildman–Crippen MR) is 211 cm³/mol. The number of amides is 4. The van der Waals surface area contributed by atoms with Gasteiger partial charge in [-0.3, -0.25) is 24.0 Å². The third kappa shape index (κ3) is 15.3. The molecule has 1 saturated heterocycles. The fraction of sp³-hybridized carbons (Fsp3) is 0.725. The van der Waals surface area contributed by atoms with Crippen LogP contribution in [0.5, 0.6) is 5.75 Å². The zero-order chi connectivity index (χ0) is 41.5. The lowest BCUT2D eigenvalue weighted by molar-refractivity contribution is -0.144. The normalized spacial score (nSPS) is 16.9. The van der Waals surface area contributed by atoms with Crippen molar-refractivity contribution in [1.29, 1.82) is 0 Å². The van der Waals surface area contributed by atoms with Crippen LogP contribution in [0.2, 0.25) is 0 Å². The molecule has 1 aliphatic rings. The Kier molecular flexibility index (Phi) is 25.3. The Morgan fingerprint density at radius 2 is 1.61 bits per heavy atom. The highest BCUT2D eigenvalue weighted by Crippen LogP contribution is 2.28. The van der Waals surface area contributed by atoms with Gasteiger partial charge in [0.1, 0.15) is 5.75 Å². The molecular weight excluding hydrogens is 694 g/mol. The fourth-order valence-electron chi connectivity index (χ4n) is 6.66. The zero-order valence-electron chi connectivity index (χ0n) is 35.2. The number of hydrogen-bond donors (Lipinski definition) is 4. The summed E-state index contributed by atoms with van der Waals surface area (Å²) in [7, 11) is 8.95. The third-order valence-electron chi connectivity index (χ3n) is 9.54. The number of hydrogen-bond acceptors (Lipinski definition) is 10. The van der Waals surface area contributed by atoms with Crippen LogP contribution < -0.4 is 20.7 Å². The number of benzene rings is 1. The second kappa shape index (κ2) is 27.1. The van der Waals surface area contributed by atoms with E-state index in [1.807, 2.05) is 20.8 Å². The van der Waals surface area contributed by atoms with Crippen molar-refractivity contribution in [2.75, 3.05) is 55.6 Å². The summed E-state index contributed by atoms with van der Waals surface area (Å²) in [6.45, 7) is 13.8. The standard InChI is InChI=1S/C36H59N5O8.C3H8.CH4O/c1-11-14-27(40(7)31(43)21-38-36(46)32(37-6)22(2)3)29(48-9)20-30(42)41-18-13-17-28(41)34(49-10)23(4)35(45)39-24(5)33(44)25-15-12-16-26(19-25)47-8;1-3-2;1-2/h12,15-16,19,22-24,27-29,32,34,37H,11,13-14,17-18,20-21H2,1-10H3,(H,38,46)(H,39,45);3H2,1-2H3;2H,1H3/t23?,24?,27-,28?,29?,32?,34?;;/m0../s1. The van der Waals surface area contributed by atoms with E-state index in [0.29, 0.717) is 30.7 Å². The van der Waals surface area contributed by atoms with Crippen LogP contribution in [0, 0.1) is 11.8 Å². The smallest absolute Gasteiger partial charge is 0.242 e. The van der Waals surface area contributed by atoms with E-state index >= 15 is 0 Å². The Hall–Kier alpha value is -3.59. The molecule has 4 N–H and O–H groups in total. The highest BCUT2D eigenvalue weighted by Gasteiger charge is 2.41. The number of ketones is 1. The summed E-state index contributed by atoms with van der Waals surface area (Å²) < 4.78 is 16.9. The second-order valence-corrected chi connectivity index (χ2v) is 13.9. The Morgan fingerprint density at radius 3 is 2.13 bits per heavy atom. The molecule has 0 spiro atoms. The molecule has 1 heterocycles. The van der Waals surface area contributed by atoms with Gasteiger partial charge < -0.3 is 45.1 Å². The third-order valence-corrected chi connectivity index (χ3v) is 9.54. The van der Waals surface area contributed by atoms with Crippen molar-refractivity contribution >= 4 is 29.4 Å². The first-order chi connectivity index (χ1) is 25.7. The summed E-state index contributed by atoms with van der Waals surface area (Å²) in [4.78, 5) is 69.5. The van der Waals surface area contributed by atoms with E-state index in [4.69, 9.17) is 19.3 Å². The number of carbonyl (C=O) groups is 5. The second-order valence-electron chi connectivity index (χ2n) is 13.9. The van der Waals surface area contributed by atoms with Crippen molar-refractivity contribution in [3.8, 4) is 5.75 Å². The number of aliphatic hydroxyl groups excluding tert-OH is 1. The first-order valence-electron chi connectivity index (χ1n) is 19.2. The maximum atomic E-state index is 13.9. The number of carbonyl (C=O) groups excluding carboxylic acids is 5. The zero-order valence-corrected chi connectivity index (χ0v) is 35.2. The van der Waals surface area contributed by atoms with Crippen LogP contribution in [0.15, 0.2) is 24.3 Å². The molecule has 1 aromatic carbocycles. The molecular formula is C40H71N5O9. The summed E-state index contributed by atoms with van der Waals surface area (Å²) in [5, 5.41) is 15.5. The van der Waals surface area contributed by atoms with Crippen molar-refractivity contribution in [1.82, 2.24) is 25.8 Å². The number of rotatable bonds is 20. The minimum Gasteiger partial charge on any atom is -0.497 e. The van der Waals surface area contributed by atoms with E-state index < -0.39 is 36.3 Å². The topological polar surface area (TPSA) is 176 Å². The molecule has 0 saturated carbocycles. The van der Waals surface area contributed by atoms with Gasteiger partial charge in [-0.05, 0) is 51.3 Å². The van der Waals surface area contributed by atoms with Gasteiger partial charge in [-0.1, -0.05) is 66.5 Å². The maximum Gasteiger partial charge on any atom is 0.242 e. The molecule has 0 bridgehead atoms. The van der Waals surface area contributed by atoms with E-state index in [-0.39, 0.29) is 54.3 Å². The van der Waals surface area contributed by atoms with Crippen molar-refractivity contribution in [2.24, 2.45) is 11.8 Å². The fourth-order valence-corrected chi connectivity index (χ4v) is 6.66. The van der Waals surface area contributed by atoms with Crippen LogP contribution in [0.25, 0.3) is 0 Å². The summed E-state index contributed by atoms with van der Waals surface area (Å²) >= 11 is 0. The molecule has 1 aromatic rings. The van der Waals surface area contributed by atoms with Crippen molar-refractivity contribution < 1.29 is 43.3 Å². The molecule has 7 atom stereocenters. The van der Waals surface area contributed by atoms with Crippen LogP contribution in [0.4, 0.5) is 0 Å². The molecule has 4 amide bonds. The maximum absolute atomic E-state index is 13.9. The van der Waals surface area contributed by atoms with E-state index in [1.165, 1.54) is 27.8 Å². The predicted octanol–water partition coefficient (Wildman–Crippen LogP) is 3.44. The van der Waals surface area contributed by atoms with Crippen molar-refractivity contribution in [2.45, 2.75) is 123 Å². The Labute approximate surface area is 324 Å². The van der Waals surface area contributed by atoms with Gasteiger partial charge in [0.15, 0.2) is 5.78 Å². The number of nitrogens with one attached hydrogen (secondary N) is 3. The van der Waals surface area contributed by atoms with Gasteiger partial charge in [0, 0.05) is 40.5 Å². The molecule has 2 rings (SSSR count). The monoisotopic (exact) mass is 766 g/mol. The number of aliphatic hydroxyl groups is 1. The number of likely N-dealkylation sites (N-methyl/N-ethyl adjacent to an activating group) is 2. The minimum atomic E-state index is -0.785. The van der Waals surface area contributed by atoms with Crippen molar-refractivity contribution in [3.05, 3.63) is 29.8 Å². The molecule has 54 heavy (non-hydrogen) atoms. The number of nitrogens with zero attached hydrogens (tertiary/aromatic N) is 2.